The molecular formula is C14H9F4NO. The largest absolute Gasteiger partial charge is 0.319 e. The molecule has 0 saturated carbocycles. The standard InChI is InChI=1S/C14H9F4NO/c1-7-2-3-9(10(16)4-7)14(20)19-12-6-8(15)5-11(17)13(12)18/h2-6H,1H3,(H,19,20). The number of aryl methyl sites for hydroxylation is 1. The highest BCUT2D eigenvalue weighted by atomic mass is 19.2. The third-order valence-corrected chi connectivity index (χ3v) is 2.61. The van der Waals surface area contributed by atoms with Gasteiger partial charge in [-0.25, -0.2) is 17.6 Å². The minimum Gasteiger partial charge on any atom is -0.319 e. The number of carbonyl (C=O) groups excluding carboxylic acids is 1. The Bertz CT molecular complexity index is 685. The van der Waals surface area contributed by atoms with Gasteiger partial charge in [0, 0.05) is 12.1 Å². The molecule has 0 radical (unpaired) electrons. The molecule has 0 fully saturated rings. The van der Waals surface area contributed by atoms with Crippen LogP contribution in [0.15, 0.2) is 30.3 Å². The maximum atomic E-state index is 13.6. The molecular weight excluding hydrogens is 274 g/mol. The van der Waals surface area contributed by atoms with Crippen molar-refractivity contribution >= 4 is 11.6 Å². The second kappa shape index (κ2) is 5.32. The first-order chi connectivity index (χ1) is 9.38. The van der Waals surface area contributed by atoms with E-state index in [4.69, 9.17) is 0 Å². The average Bonchev–Trinajstić information content (AvgIpc) is 2.35. The van der Waals surface area contributed by atoms with Crippen LogP contribution in [0.3, 0.4) is 0 Å². The van der Waals surface area contributed by atoms with E-state index in [0.29, 0.717) is 17.7 Å². The topological polar surface area (TPSA) is 29.1 Å². The molecule has 0 unspecified atom stereocenters. The lowest BCUT2D eigenvalue weighted by atomic mass is 10.1. The lowest BCUT2D eigenvalue weighted by molar-refractivity contribution is 0.102. The Labute approximate surface area is 112 Å². The van der Waals surface area contributed by atoms with Gasteiger partial charge >= 0.3 is 0 Å². The fourth-order valence-corrected chi connectivity index (χ4v) is 1.64. The summed E-state index contributed by atoms with van der Waals surface area (Å²) in [7, 11) is 0. The van der Waals surface area contributed by atoms with Crippen molar-refractivity contribution in [3.05, 3.63) is 64.7 Å². The first-order valence-corrected chi connectivity index (χ1v) is 5.60. The Hall–Kier alpha value is -2.37. The van der Waals surface area contributed by atoms with Crippen molar-refractivity contribution < 1.29 is 22.4 Å². The van der Waals surface area contributed by atoms with Gasteiger partial charge in [-0.2, -0.15) is 0 Å². The fourth-order valence-electron chi connectivity index (χ4n) is 1.64. The number of amides is 1. The van der Waals surface area contributed by atoms with Gasteiger partial charge in [-0.3, -0.25) is 4.79 Å². The summed E-state index contributed by atoms with van der Waals surface area (Å²) >= 11 is 0. The molecule has 1 N–H and O–H groups in total. The van der Waals surface area contributed by atoms with Crippen LogP contribution in [-0.2, 0) is 0 Å². The van der Waals surface area contributed by atoms with E-state index in [2.05, 4.69) is 0 Å². The molecule has 104 valence electrons. The van der Waals surface area contributed by atoms with Gasteiger partial charge in [0.15, 0.2) is 11.6 Å². The van der Waals surface area contributed by atoms with Crippen molar-refractivity contribution in [3.63, 3.8) is 0 Å². The highest BCUT2D eigenvalue weighted by Gasteiger charge is 2.16. The minimum absolute atomic E-state index is 0.345. The smallest absolute Gasteiger partial charge is 0.258 e. The van der Waals surface area contributed by atoms with Crippen LogP contribution in [-0.4, -0.2) is 5.91 Å². The Morgan fingerprint density at radius 3 is 2.35 bits per heavy atom. The van der Waals surface area contributed by atoms with Crippen LogP contribution in [0.2, 0.25) is 0 Å². The first kappa shape index (κ1) is 14.0. The predicted octanol–water partition coefficient (Wildman–Crippen LogP) is 3.80. The van der Waals surface area contributed by atoms with E-state index in [1.54, 1.807) is 6.92 Å². The van der Waals surface area contributed by atoms with Crippen LogP contribution >= 0.6 is 0 Å². The van der Waals surface area contributed by atoms with Gasteiger partial charge in [0.05, 0.1) is 11.3 Å². The Kier molecular flexibility index (Phi) is 3.74. The highest BCUT2D eigenvalue weighted by Crippen LogP contribution is 2.20. The van der Waals surface area contributed by atoms with Crippen molar-refractivity contribution in [1.82, 2.24) is 0 Å². The molecule has 0 aliphatic heterocycles. The van der Waals surface area contributed by atoms with Crippen molar-refractivity contribution in [2.75, 3.05) is 5.32 Å². The van der Waals surface area contributed by atoms with Crippen LogP contribution in [0.25, 0.3) is 0 Å². The summed E-state index contributed by atoms with van der Waals surface area (Å²) in [4.78, 5) is 11.8. The van der Waals surface area contributed by atoms with E-state index < -0.39 is 34.9 Å². The zero-order chi connectivity index (χ0) is 14.9. The van der Waals surface area contributed by atoms with E-state index in [9.17, 15) is 22.4 Å². The Morgan fingerprint density at radius 2 is 1.70 bits per heavy atom. The maximum Gasteiger partial charge on any atom is 0.258 e. The van der Waals surface area contributed by atoms with Gasteiger partial charge in [0.25, 0.3) is 5.91 Å². The summed E-state index contributed by atoms with van der Waals surface area (Å²) in [6, 6.07) is 4.77. The molecule has 0 heterocycles. The van der Waals surface area contributed by atoms with Crippen LogP contribution in [0.4, 0.5) is 23.2 Å². The summed E-state index contributed by atoms with van der Waals surface area (Å²) in [6.07, 6.45) is 0. The second-order valence-electron chi connectivity index (χ2n) is 4.19. The van der Waals surface area contributed by atoms with Crippen molar-refractivity contribution in [2.24, 2.45) is 0 Å². The maximum absolute atomic E-state index is 13.6. The van der Waals surface area contributed by atoms with E-state index in [-0.39, 0.29) is 5.56 Å². The average molecular weight is 283 g/mol. The van der Waals surface area contributed by atoms with Gasteiger partial charge in [0.2, 0.25) is 0 Å². The quantitative estimate of drug-likeness (QED) is 0.659. The molecule has 0 aliphatic rings. The van der Waals surface area contributed by atoms with E-state index in [1.165, 1.54) is 12.1 Å². The van der Waals surface area contributed by atoms with E-state index in [0.717, 1.165) is 6.07 Å². The zero-order valence-corrected chi connectivity index (χ0v) is 10.3. The van der Waals surface area contributed by atoms with Crippen LogP contribution in [0.1, 0.15) is 15.9 Å². The number of hydrogen-bond donors (Lipinski definition) is 1. The van der Waals surface area contributed by atoms with E-state index in [1.807, 2.05) is 5.32 Å². The Balaban J connectivity index is 2.32. The molecule has 0 saturated heterocycles. The summed E-state index contributed by atoms with van der Waals surface area (Å²) < 4.78 is 52.9. The van der Waals surface area contributed by atoms with E-state index >= 15 is 0 Å². The highest BCUT2D eigenvalue weighted by molar-refractivity contribution is 6.04. The van der Waals surface area contributed by atoms with Gasteiger partial charge in [-0.1, -0.05) is 6.07 Å². The van der Waals surface area contributed by atoms with Gasteiger partial charge < -0.3 is 5.32 Å². The SMILES string of the molecule is Cc1ccc(C(=O)Nc2cc(F)cc(F)c2F)c(F)c1. The molecule has 2 rings (SSSR count). The Morgan fingerprint density at radius 1 is 1.00 bits per heavy atom. The monoisotopic (exact) mass is 283 g/mol. The molecule has 0 atom stereocenters. The third-order valence-electron chi connectivity index (χ3n) is 2.61. The fraction of sp³-hybridized carbons (Fsp3) is 0.0714. The van der Waals surface area contributed by atoms with Crippen LogP contribution < -0.4 is 5.32 Å². The molecule has 2 aromatic rings. The summed E-state index contributed by atoms with van der Waals surface area (Å²) in [6.45, 7) is 1.63. The van der Waals surface area contributed by atoms with Gasteiger partial charge in [-0.15, -0.1) is 0 Å². The lowest BCUT2D eigenvalue weighted by Gasteiger charge is -2.08. The van der Waals surface area contributed by atoms with Crippen LogP contribution in [0.5, 0.6) is 0 Å². The summed E-state index contributed by atoms with van der Waals surface area (Å²) in [5.74, 6) is -5.70. The molecule has 1 amide bonds. The molecule has 2 nitrogen and oxygen atoms in total. The summed E-state index contributed by atoms with van der Waals surface area (Å²) in [5.41, 5.74) is -0.436. The van der Waals surface area contributed by atoms with Crippen molar-refractivity contribution in [1.29, 1.82) is 0 Å². The number of halogens is 4. The minimum atomic E-state index is -1.44. The zero-order valence-electron chi connectivity index (χ0n) is 10.3. The second-order valence-corrected chi connectivity index (χ2v) is 4.19. The van der Waals surface area contributed by atoms with Gasteiger partial charge in [-0.05, 0) is 24.6 Å². The summed E-state index contributed by atoms with van der Waals surface area (Å²) in [5, 5.41) is 1.93. The number of anilines is 1. The number of carbonyl (C=O) groups is 1. The molecule has 0 aromatic heterocycles. The van der Waals surface area contributed by atoms with Crippen LogP contribution in [0, 0.1) is 30.2 Å². The number of hydrogen-bond acceptors (Lipinski definition) is 1. The lowest BCUT2D eigenvalue weighted by Crippen LogP contribution is -2.15. The van der Waals surface area contributed by atoms with Crippen molar-refractivity contribution in [3.8, 4) is 0 Å². The predicted molar refractivity (Wildman–Crippen MR) is 65.4 cm³/mol. The first-order valence-electron chi connectivity index (χ1n) is 5.60. The van der Waals surface area contributed by atoms with Crippen molar-refractivity contribution in [2.45, 2.75) is 6.92 Å². The molecule has 0 spiro atoms. The molecule has 6 heteroatoms. The third kappa shape index (κ3) is 2.79. The molecule has 2 aromatic carbocycles. The normalized spacial score (nSPS) is 10.4. The molecule has 0 aliphatic carbocycles. The number of nitrogens with one attached hydrogen (secondary N) is 1. The molecule has 0 bridgehead atoms. The number of rotatable bonds is 2. The van der Waals surface area contributed by atoms with Gasteiger partial charge in [0.1, 0.15) is 11.6 Å². The molecule has 20 heavy (non-hydrogen) atoms. The number of benzene rings is 2.